The fourth-order valence-electron chi connectivity index (χ4n) is 1.93. The molecule has 2 rings (SSSR count). The van der Waals surface area contributed by atoms with Gasteiger partial charge < -0.3 is 11.1 Å². The van der Waals surface area contributed by atoms with Crippen LogP contribution in [-0.4, -0.2) is 22.1 Å². The van der Waals surface area contributed by atoms with Crippen LogP contribution >= 0.6 is 22.6 Å². The predicted octanol–water partition coefficient (Wildman–Crippen LogP) is 1.76. The van der Waals surface area contributed by atoms with Crippen molar-refractivity contribution in [1.82, 2.24) is 9.97 Å². The summed E-state index contributed by atoms with van der Waals surface area (Å²) >= 11 is 2.24. The number of halogens is 1. The number of hydrogen-bond acceptors (Lipinski definition) is 4. The van der Waals surface area contributed by atoms with Crippen LogP contribution < -0.4 is 11.1 Å². The van der Waals surface area contributed by atoms with Crippen LogP contribution in [0.15, 0.2) is 12.5 Å². The molecule has 2 atom stereocenters. The summed E-state index contributed by atoms with van der Waals surface area (Å²) in [6, 6.07) is 0.617. The van der Waals surface area contributed by atoms with Crippen LogP contribution in [0.2, 0.25) is 0 Å². The maximum absolute atomic E-state index is 6.07. The summed E-state index contributed by atoms with van der Waals surface area (Å²) in [6.45, 7) is 0. The standard InChI is InChI=1S/C10H15IN4/c11-7-5-13-6-14-10(7)15-9-4-2-1-3-8(9)12/h5-6,8-9H,1-4,12H2,(H,13,14,15)/t8-,9-/m1/s1. The molecule has 0 radical (unpaired) electrons. The van der Waals surface area contributed by atoms with Crippen molar-refractivity contribution in [3.8, 4) is 0 Å². The molecule has 1 aromatic rings. The van der Waals surface area contributed by atoms with Crippen molar-refractivity contribution >= 4 is 28.4 Å². The number of anilines is 1. The third-order valence-electron chi connectivity index (χ3n) is 2.81. The first-order chi connectivity index (χ1) is 7.27. The Morgan fingerprint density at radius 1 is 1.40 bits per heavy atom. The van der Waals surface area contributed by atoms with Gasteiger partial charge in [-0.3, -0.25) is 0 Å². The quantitative estimate of drug-likeness (QED) is 0.816. The largest absolute Gasteiger partial charge is 0.365 e. The van der Waals surface area contributed by atoms with Crippen LogP contribution in [0.1, 0.15) is 25.7 Å². The van der Waals surface area contributed by atoms with E-state index in [-0.39, 0.29) is 6.04 Å². The van der Waals surface area contributed by atoms with E-state index in [1.54, 1.807) is 6.33 Å². The highest BCUT2D eigenvalue weighted by Gasteiger charge is 2.22. The van der Waals surface area contributed by atoms with Crippen LogP contribution in [0.5, 0.6) is 0 Å². The molecule has 0 saturated heterocycles. The minimum Gasteiger partial charge on any atom is -0.365 e. The number of nitrogens with two attached hydrogens (primary N) is 1. The summed E-state index contributed by atoms with van der Waals surface area (Å²) in [5.74, 6) is 0.910. The zero-order chi connectivity index (χ0) is 10.7. The van der Waals surface area contributed by atoms with Gasteiger partial charge in [0.05, 0.1) is 3.57 Å². The molecular formula is C10H15IN4. The Hall–Kier alpha value is -0.430. The molecule has 1 aliphatic rings. The first-order valence-electron chi connectivity index (χ1n) is 5.25. The lowest BCUT2D eigenvalue weighted by Gasteiger charge is -2.29. The zero-order valence-corrected chi connectivity index (χ0v) is 10.6. The number of hydrogen-bond donors (Lipinski definition) is 2. The topological polar surface area (TPSA) is 63.8 Å². The monoisotopic (exact) mass is 318 g/mol. The van der Waals surface area contributed by atoms with E-state index in [9.17, 15) is 0 Å². The van der Waals surface area contributed by atoms with Gasteiger partial charge in [-0.05, 0) is 35.4 Å². The van der Waals surface area contributed by atoms with Gasteiger partial charge in [0.15, 0.2) is 0 Å². The Bertz CT molecular complexity index is 331. The van der Waals surface area contributed by atoms with Crippen LogP contribution in [0.3, 0.4) is 0 Å². The Kier molecular flexibility index (Phi) is 3.74. The van der Waals surface area contributed by atoms with Gasteiger partial charge in [-0.15, -0.1) is 0 Å². The van der Waals surface area contributed by atoms with Crippen LogP contribution in [0.4, 0.5) is 5.82 Å². The molecule has 0 spiro atoms. The molecule has 0 unspecified atom stereocenters. The van der Waals surface area contributed by atoms with Crippen LogP contribution in [0.25, 0.3) is 0 Å². The lowest BCUT2D eigenvalue weighted by atomic mass is 9.91. The number of nitrogens with one attached hydrogen (secondary N) is 1. The Morgan fingerprint density at radius 2 is 2.20 bits per heavy atom. The van der Waals surface area contributed by atoms with Gasteiger partial charge in [-0.25, -0.2) is 9.97 Å². The molecule has 82 valence electrons. The van der Waals surface area contributed by atoms with Crippen molar-refractivity contribution in [1.29, 1.82) is 0 Å². The van der Waals surface area contributed by atoms with Gasteiger partial charge in [-0.1, -0.05) is 12.8 Å². The van der Waals surface area contributed by atoms with E-state index in [0.717, 1.165) is 22.2 Å². The summed E-state index contributed by atoms with van der Waals surface area (Å²) in [6.07, 6.45) is 8.14. The van der Waals surface area contributed by atoms with Crippen molar-refractivity contribution in [2.45, 2.75) is 37.8 Å². The van der Waals surface area contributed by atoms with Gasteiger partial charge in [0.1, 0.15) is 12.1 Å². The fourth-order valence-corrected chi connectivity index (χ4v) is 2.39. The van der Waals surface area contributed by atoms with E-state index >= 15 is 0 Å². The molecule has 0 aliphatic heterocycles. The first-order valence-corrected chi connectivity index (χ1v) is 6.33. The minimum atomic E-state index is 0.254. The highest BCUT2D eigenvalue weighted by atomic mass is 127. The second-order valence-corrected chi connectivity index (χ2v) is 5.08. The summed E-state index contributed by atoms with van der Waals surface area (Å²) in [7, 11) is 0. The smallest absolute Gasteiger partial charge is 0.143 e. The number of rotatable bonds is 2. The summed E-state index contributed by atoms with van der Waals surface area (Å²) in [5.41, 5.74) is 6.07. The lowest BCUT2D eigenvalue weighted by Crippen LogP contribution is -2.42. The second-order valence-electron chi connectivity index (χ2n) is 3.92. The molecule has 4 nitrogen and oxygen atoms in total. The molecule has 1 aromatic heterocycles. The third kappa shape index (κ3) is 2.78. The maximum Gasteiger partial charge on any atom is 0.143 e. The highest BCUT2D eigenvalue weighted by Crippen LogP contribution is 2.22. The van der Waals surface area contributed by atoms with E-state index in [1.165, 1.54) is 12.8 Å². The van der Waals surface area contributed by atoms with E-state index in [4.69, 9.17) is 5.73 Å². The van der Waals surface area contributed by atoms with Crippen LogP contribution in [0, 0.1) is 3.57 Å². The van der Waals surface area contributed by atoms with Crippen LogP contribution in [-0.2, 0) is 0 Å². The molecule has 0 aromatic carbocycles. The zero-order valence-electron chi connectivity index (χ0n) is 8.49. The average Bonchev–Trinajstić information content (AvgIpc) is 2.24. The minimum absolute atomic E-state index is 0.254. The van der Waals surface area contributed by atoms with Crippen molar-refractivity contribution in [3.63, 3.8) is 0 Å². The lowest BCUT2D eigenvalue weighted by molar-refractivity contribution is 0.403. The first kappa shape index (κ1) is 11.1. The Labute approximate surface area is 103 Å². The molecule has 1 aliphatic carbocycles. The molecule has 1 fully saturated rings. The summed E-state index contributed by atoms with van der Waals surface area (Å²) in [5, 5.41) is 3.42. The molecular weight excluding hydrogens is 303 g/mol. The molecule has 0 amide bonds. The summed E-state index contributed by atoms with van der Waals surface area (Å²) in [4.78, 5) is 8.19. The third-order valence-corrected chi connectivity index (χ3v) is 3.60. The second kappa shape index (κ2) is 5.07. The number of nitrogens with zero attached hydrogens (tertiary/aromatic N) is 2. The predicted molar refractivity (Wildman–Crippen MR) is 68.6 cm³/mol. The molecule has 15 heavy (non-hydrogen) atoms. The van der Waals surface area contributed by atoms with Gasteiger partial charge in [0.25, 0.3) is 0 Å². The molecule has 0 bridgehead atoms. The molecule has 1 heterocycles. The molecule has 5 heteroatoms. The maximum atomic E-state index is 6.07. The molecule has 1 saturated carbocycles. The van der Waals surface area contributed by atoms with Gasteiger partial charge in [0.2, 0.25) is 0 Å². The Morgan fingerprint density at radius 3 is 2.93 bits per heavy atom. The van der Waals surface area contributed by atoms with E-state index < -0.39 is 0 Å². The van der Waals surface area contributed by atoms with Gasteiger partial charge in [0, 0.05) is 18.3 Å². The van der Waals surface area contributed by atoms with Crippen molar-refractivity contribution < 1.29 is 0 Å². The summed E-state index contributed by atoms with van der Waals surface area (Å²) < 4.78 is 1.05. The SMILES string of the molecule is N[C@@H]1CCCC[C@H]1Nc1ncncc1I. The fraction of sp³-hybridized carbons (Fsp3) is 0.600. The van der Waals surface area contributed by atoms with Crippen molar-refractivity contribution in [2.24, 2.45) is 5.73 Å². The Balaban J connectivity index is 2.04. The van der Waals surface area contributed by atoms with Gasteiger partial charge >= 0.3 is 0 Å². The van der Waals surface area contributed by atoms with Crippen molar-refractivity contribution in [3.05, 3.63) is 16.1 Å². The van der Waals surface area contributed by atoms with E-state index in [0.29, 0.717) is 6.04 Å². The van der Waals surface area contributed by atoms with E-state index in [2.05, 4.69) is 37.9 Å². The van der Waals surface area contributed by atoms with Crippen molar-refractivity contribution in [2.75, 3.05) is 5.32 Å². The number of aromatic nitrogens is 2. The highest BCUT2D eigenvalue weighted by molar-refractivity contribution is 14.1. The average molecular weight is 318 g/mol. The van der Waals surface area contributed by atoms with Gasteiger partial charge in [-0.2, -0.15) is 0 Å². The molecule has 3 N–H and O–H groups in total. The normalized spacial score (nSPS) is 26.3. The van der Waals surface area contributed by atoms with E-state index in [1.807, 2.05) is 6.20 Å².